The first-order chi connectivity index (χ1) is 16.9. The second-order valence-electron chi connectivity index (χ2n) is 11.3. The number of halogens is 1. The van der Waals surface area contributed by atoms with E-state index >= 15 is 0 Å². The van der Waals surface area contributed by atoms with Crippen LogP contribution in [0.15, 0.2) is 11.1 Å². The van der Waals surface area contributed by atoms with Crippen molar-refractivity contribution in [2.24, 2.45) is 5.92 Å². The van der Waals surface area contributed by atoms with Gasteiger partial charge in [0.05, 0.1) is 19.0 Å². The zero-order chi connectivity index (χ0) is 27.9. The molecule has 3 heterocycles. The summed E-state index contributed by atoms with van der Waals surface area (Å²) in [7, 11) is 0.936. The van der Waals surface area contributed by atoms with Gasteiger partial charge < -0.3 is 13.7 Å². The Morgan fingerprint density at radius 1 is 1.41 bits per heavy atom. The minimum Gasteiger partial charge on any atom is -0.411 e. The molecule has 0 spiro atoms. The van der Waals surface area contributed by atoms with Gasteiger partial charge in [0.2, 0.25) is 11.9 Å². The van der Waals surface area contributed by atoms with E-state index in [1.165, 1.54) is 11.0 Å². The van der Waals surface area contributed by atoms with Crippen LogP contribution in [0.2, 0.25) is 18.1 Å². The molecule has 0 aliphatic carbocycles. The summed E-state index contributed by atoms with van der Waals surface area (Å²) in [6.07, 6.45) is 0.341. The lowest BCUT2D eigenvalue weighted by Crippen LogP contribution is -2.46. The first-order valence-corrected chi connectivity index (χ1v) is 17.5. The van der Waals surface area contributed by atoms with Crippen LogP contribution in [0.1, 0.15) is 47.3 Å². The molecule has 37 heavy (non-hydrogen) atoms. The molecule has 3 rings (SSSR count). The summed E-state index contributed by atoms with van der Waals surface area (Å²) in [6.45, 7) is 10.6. The normalized spacial score (nSPS) is 22.6. The van der Waals surface area contributed by atoms with E-state index in [0.717, 1.165) is 0 Å². The molecule has 1 amide bonds. The number of rotatable bonds is 9. The molecular formula is C22H38ClN6O6PSi. The number of fused-ring (bicyclic) bond motifs is 1. The van der Waals surface area contributed by atoms with E-state index in [1.54, 1.807) is 32.5 Å². The van der Waals surface area contributed by atoms with Crippen molar-refractivity contribution in [1.82, 2.24) is 24.2 Å². The van der Waals surface area contributed by atoms with E-state index in [9.17, 15) is 14.2 Å². The van der Waals surface area contributed by atoms with E-state index in [-0.39, 0.29) is 46.7 Å². The number of ether oxygens (including phenoxy) is 1. The molecule has 0 aromatic carbocycles. The molecule has 208 valence electrons. The van der Waals surface area contributed by atoms with Crippen LogP contribution in [0.5, 0.6) is 0 Å². The van der Waals surface area contributed by atoms with Crippen molar-refractivity contribution in [1.29, 1.82) is 0 Å². The predicted octanol–water partition coefficient (Wildman–Crippen LogP) is 4.32. The molecule has 1 aliphatic heterocycles. The van der Waals surface area contributed by atoms with Crippen molar-refractivity contribution in [3.05, 3.63) is 16.7 Å². The molecule has 1 fully saturated rings. The quantitative estimate of drug-likeness (QED) is 0.330. The summed E-state index contributed by atoms with van der Waals surface area (Å²) in [5, 5.41) is 2.56. The fraction of sp³-hybridized carbons (Fsp3) is 0.727. The van der Waals surface area contributed by atoms with Crippen molar-refractivity contribution in [3.63, 3.8) is 0 Å². The number of hydrogen-bond donors (Lipinski definition) is 2. The van der Waals surface area contributed by atoms with Crippen LogP contribution < -0.4 is 10.9 Å². The zero-order valence-electron chi connectivity index (χ0n) is 22.9. The molecular weight excluding hydrogens is 539 g/mol. The predicted molar refractivity (Wildman–Crippen MR) is 145 cm³/mol. The van der Waals surface area contributed by atoms with E-state index in [2.05, 4.69) is 54.1 Å². The lowest BCUT2D eigenvalue weighted by molar-refractivity contribution is -0.118. The Balaban J connectivity index is 1.94. The number of imidazole rings is 1. The Bertz CT molecular complexity index is 1240. The number of anilines is 1. The van der Waals surface area contributed by atoms with Gasteiger partial charge in [-0.2, -0.15) is 4.98 Å². The number of aromatic amines is 1. The Hall–Kier alpha value is -1.60. The number of nitrogens with one attached hydrogen (secondary N) is 2. The Morgan fingerprint density at radius 3 is 2.62 bits per heavy atom. The Labute approximate surface area is 222 Å². The number of aromatic nitrogens is 4. The maximum Gasteiger partial charge on any atom is 0.362 e. The van der Waals surface area contributed by atoms with Gasteiger partial charge in [0.1, 0.15) is 12.3 Å². The lowest BCUT2D eigenvalue weighted by Gasteiger charge is -2.39. The van der Waals surface area contributed by atoms with Crippen LogP contribution in [0.3, 0.4) is 0 Å². The van der Waals surface area contributed by atoms with Gasteiger partial charge in [0.15, 0.2) is 19.5 Å². The van der Waals surface area contributed by atoms with E-state index in [4.69, 9.17) is 24.9 Å². The molecule has 1 saturated heterocycles. The van der Waals surface area contributed by atoms with Crippen molar-refractivity contribution < 1.29 is 23.0 Å². The number of carbonyl (C=O) groups is 1. The monoisotopic (exact) mass is 576 g/mol. The molecule has 2 N–H and O–H groups in total. The summed E-state index contributed by atoms with van der Waals surface area (Å²) in [6, 6.07) is 0. The molecule has 2 aromatic heterocycles. The number of amides is 1. The van der Waals surface area contributed by atoms with Crippen LogP contribution in [-0.2, 0) is 23.0 Å². The lowest BCUT2D eigenvalue weighted by atomic mass is 10.2. The molecule has 4 atom stereocenters. The van der Waals surface area contributed by atoms with Crippen LogP contribution in [-0.4, -0.2) is 71.3 Å². The van der Waals surface area contributed by atoms with Crippen LogP contribution >= 0.6 is 18.1 Å². The molecule has 2 unspecified atom stereocenters. The van der Waals surface area contributed by atoms with Crippen molar-refractivity contribution in [3.8, 4) is 0 Å². The van der Waals surface area contributed by atoms with Gasteiger partial charge in [-0.15, -0.1) is 0 Å². The highest BCUT2D eigenvalue weighted by Crippen LogP contribution is 2.54. The third kappa shape index (κ3) is 6.70. The zero-order valence-corrected chi connectivity index (χ0v) is 25.5. The maximum atomic E-state index is 12.6. The fourth-order valence-corrected chi connectivity index (χ4v) is 5.53. The summed E-state index contributed by atoms with van der Waals surface area (Å²) >= 11 is 6.09. The van der Waals surface area contributed by atoms with Gasteiger partial charge in [-0.3, -0.25) is 29.0 Å². The standard InChI is InChI=1S/C22H38ClN6O6PSi/c1-13(2)19(30)26-21-25-18-17(20(31)27-21)24-12-29(18)16-10-14(35-37(8,9)22(3,4)5)15(34-16)11-33-36(23,32)28(6)7/h12-16H,10-11H2,1-9H3,(H2,25,26,27,30,31)/t14?,15-,16-,36?/m1/s1. The number of carbonyl (C=O) groups excluding carboxylic acids is 1. The minimum atomic E-state index is -3.52. The third-order valence-corrected chi connectivity index (χ3v) is 13.9. The maximum absolute atomic E-state index is 12.6. The average molecular weight is 577 g/mol. The summed E-state index contributed by atoms with van der Waals surface area (Å²) in [4.78, 5) is 36.0. The Morgan fingerprint density at radius 2 is 2.05 bits per heavy atom. The number of H-pyrrole nitrogens is 1. The molecule has 0 bridgehead atoms. The largest absolute Gasteiger partial charge is 0.411 e. The first-order valence-electron chi connectivity index (χ1n) is 12.2. The van der Waals surface area contributed by atoms with Crippen molar-refractivity contribution >= 4 is 49.4 Å². The van der Waals surface area contributed by atoms with Gasteiger partial charge in [0, 0.05) is 12.3 Å². The van der Waals surface area contributed by atoms with Crippen LogP contribution in [0.25, 0.3) is 11.2 Å². The SMILES string of the molecule is CC(C)C(=O)Nc1nc2c(ncn2[C@H]2CC(O[Si](C)(C)C(C)(C)C)[C@@H](COP(=O)(Cl)N(C)C)O2)c(=O)[nH]1. The highest BCUT2D eigenvalue weighted by molar-refractivity contribution is 7.83. The Kier molecular flexibility index (Phi) is 8.80. The fourth-order valence-electron chi connectivity index (χ4n) is 3.44. The summed E-state index contributed by atoms with van der Waals surface area (Å²) in [5.41, 5.74) is -0.105. The summed E-state index contributed by atoms with van der Waals surface area (Å²) in [5.74, 6) is -0.547. The van der Waals surface area contributed by atoms with Crippen LogP contribution in [0.4, 0.5) is 5.95 Å². The third-order valence-electron chi connectivity index (χ3n) is 6.82. The molecule has 0 saturated carbocycles. The minimum absolute atomic E-state index is 0.0268. The van der Waals surface area contributed by atoms with Gasteiger partial charge >= 0.3 is 6.87 Å². The van der Waals surface area contributed by atoms with Crippen molar-refractivity contribution in [2.75, 3.05) is 26.0 Å². The van der Waals surface area contributed by atoms with Gasteiger partial charge in [-0.25, -0.2) is 9.65 Å². The molecule has 1 aliphatic rings. The highest BCUT2D eigenvalue weighted by atomic mass is 35.7. The average Bonchev–Trinajstić information content (AvgIpc) is 3.35. The van der Waals surface area contributed by atoms with E-state index in [1.807, 2.05) is 0 Å². The first kappa shape index (κ1) is 29.9. The van der Waals surface area contributed by atoms with Gasteiger partial charge in [0.25, 0.3) is 5.56 Å². The van der Waals surface area contributed by atoms with Gasteiger partial charge in [-0.1, -0.05) is 34.6 Å². The smallest absolute Gasteiger partial charge is 0.362 e. The molecule has 2 aromatic rings. The topological polar surface area (TPSA) is 141 Å². The number of nitrogens with zero attached hydrogens (tertiary/aromatic N) is 4. The van der Waals surface area contributed by atoms with Crippen molar-refractivity contribution in [2.45, 2.75) is 77.6 Å². The van der Waals surface area contributed by atoms with Gasteiger partial charge in [-0.05, 0) is 43.5 Å². The second kappa shape index (κ2) is 10.9. The highest BCUT2D eigenvalue weighted by Gasteiger charge is 2.46. The molecule has 12 nitrogen and oxygen atoms in total. The second-order valence-corrected chi connectivity index (χ2v) is 19.3. The molecule has 15 heteroatoms. The molecule has 0 radical (unpaired) electrons. The van der Waals surface area contributed by atoms with E-state index in [0.29, 0.717) is 6.42 Å². The summed E-state index contributed by atoms with van der Waals surface area (Å²) < 4.78 is 34.1. The van der Waals surface area contributed by atoms with E-state index < -0.39 is 33.1 Å². The number of hydrogen-bond acceptors (Lipinski definition) is 8. The van der Waals surface area contributed by atoms with Crippen LogP contribution in [0, 0.1) is 5.92 Å².